The van der Waals surface area contributed by atoms with E-state index in [-0.39, 0.29) is 0 Å². The number of hydrogen-bond acceptors (Lipinski definition) is 2. The summed E-state index contributed by atoms with van der Waals surface area (Å²) >= 11 is 9.36. The van der Waals surface area contributed by atoms with Crippen LogP contribution in [0.5, 0.6) is 5.75 Å². The Morgan fingerprint density at radius 1 is 1.11 bits per heavy atom. The first-order valence-corrected chi connectivity index (χ1v) is 6.79. The van der Waals surface area contributed by atoms with E-state index >= 15 is 0 Å². The molecule has 18 heavy (non-hydrogen) atoms. The van der Waals surface area contributed by atoms with Crippen molar-refractivity contribution in [2.24, 2.45) is 0 Å². The molecule has 0 heterocycles. The summed E-state index contributed by atoms with van der Waals surface area (Å²) in [6, 6.07) is 15.5. The van der Waals surface area contributed by atoms with Gasteiger partial charge in [-0.3, -0.25) is 0 Å². The summed E-state index contributed by atoms with van der Waals surface area (Å²) in [5, 5.41) is 3.95. The van der Waals surface area contributed by atoms with Gasteiger partial charge in [0.25, 0.3) is 0 Å². The molecular weight excluding hydrogens is 314 g/mol. The Kier molecular flexibility index (Phi) is 4.90. The van der Waals surface area contributed by atoms with Crippen LogP contribution in [0.25, 0.3) is 0 Å². The molecule has 94 valence electrons. The molecule has 2 rings (SSSR count). The van der Waals surface area contributed by atoms with Gasteiger partial charge in [0.05, 0.1) is 5.02 Å². The molecule has 2 aromatic rings. The maximum absolute atomic E-state index is 6.00. The normalized spacial score (nSPS) is 10.1. The van der Waals surface area contributed by atoms with Crippen LogP contribution in [0.1, 0.15) is 0 Å². The lowest BCUT2D eigenvalue weighted by Gasteiger charge is -2.09. The van der Waals surface area contributed by atoms with Gasteiger partial charge >= 0.3 is 0 Å². The Morgan fingerprint density at radius 2 is 1.89 bits per heavy atom. The topological polar surface area (TPSA) is 21.3 Å². The average molecular weight is 327 g/mol. The van der Waals surface area contributed by atoms with E-state index in [0.717, 1.165) is 22.5 Å². The number of hydrogen-bond donors (Lipinski definition) is 1. The van der Waals surface area contributed by atoms with Gasteiger partial charge in [0.1, 0.15) is 12.4 Å². The Hall–Kier alpha value is -1.19. The van der Waals surface area contributed by atoms with E-state index in [1.807, 2.05) is 48.5 Å². The summed E-state index contributed by atoms with van der Waals surface area (Å²) in [5.41, 5.74) is 0.986. The smallest absolute Gasteiger partial charge is 0.119 e. The number of rotatable bonds is 5. The van der Waals surface area contributed by atoms with E-state index < -0.39 is 0 Å². The summed E-state index contributed by atoms with van der Waals surface area (Å²) in [7, 11) is 0. The first kappa shape index (κ1) is 13.2. The largest absolute Gasteiger partial charge is 0.492 e. The number of halogens is 2. The highest BCUT2D eigenvalue weighted by Gasteiger charge is 1.98. The van der Waals surface area contributed by atoms with Crippen molar-refractivity contribution in [1.29, 1.82) is 0 Å². The molecule has 2 nitrogen and oxygen atoms in total. The van der Waals surface area contributed by atoms with E-state index in [9.17, 15) is 0 Å². The Morgan fingerprint density at radius 3 is 2.61 bits per heavy atom. The third-order valence-corrected chi connectivity index (χ3v) is 3.60. The van der Waals surface area contributed by atoms with Crippen LogP contribution < -0.4 is 10.1 Å². The number of para-hydroxylation sites is 1. The number of benzene rings is 2. The molecule has 0 fully saturated rings. The minimum atomic E-state index is 0.609. The predicted molar refractivity (Wildman–Crippen MR) is 79.6 cm³/mol. The standard InChI is InChI=1S/C14H13BrClNO/c15-13-7-6-11(10-14(13)16)17-8-9-18-12-4-2-1-3-5-12/h1-7,10,17H,8-9H2. The zero-order chi connectivity index (χ0) is 12.8. The Labute approximate surface area is 120 Å². The van der Waals surface area contributed by atoms with Crippen molar-refractivity contribution in [3.05, 3.63) is 58.0 Å². The maximum Gasteiger partial charge on any atom is 0.119 e. The zero-order valence-corrected chi connectivity index (χ0v) is 12.0. The van der Waals surface area contributed by atoms with Crippen molar-refractivity contribution in [3.63, 3.8) is 0 Å². The molecule has 0 aliphatic rings. The second-order valence-electron chi connectivity index (χ2n) is 3.72. The van der Waals surface area contributed by atoms with E-state index in [1.54, 1.807) is 0 Å². The second-order valence-corrected chi connectivity index (χ2v) is 4.98. The van der Waals surface area contributed by atoms with E-state index in [4.69, 9.17) is 16.3 Å². The molecule has 4 heteroatoms. The lowest BCUT2D eigenvalue weighted by Crippen LogP contribution is -2.11. The highest BCUT2D eigenvalue weighted by atomic mass is 79.9. The monoisotopic (exact) mass is 325 g/mol. The fourth-order valence-electron chi connectivity index (χ4n) is 1.49. The van der Waals surface area contributed by atoms with Crippen molar-refractivity contribution in [1.82, 2.24) is 0 Å². The van der Waals surface area contributed by atoms with Gasteiger partial charge < -0.3 is 10.1 Å². The lowest BCUT2D eigenvalue weighted by atomic mass is 10.3. The predicted octanol–water partition coefficient (Wildman–Crippen LogP) is 4.59. The van der Waals surface area contributed by atoms with Crippen molar-refractivity contribution in [2.45, 2.75) is 0 Å². The third-order valence-electron chi connectivity index (χ3n) is 2.36. The molecule has 0 aliphatic heterocycles. The SMILES string of the molecule is Clc1cc(NCCOc2ccccc2)ccc1Br. The number of anilines is 1. The van der Waals surface area contributed by atoms with Gasteiger partial charge in [-0.25, -0.2) is 0 Å². The minimum Gasteiger partial charge on any atom is -0.492 e. The molecular formula is C14H13BrClNO. The van der Waals surface area contributed by atoms with Crippen molar-refractivity contribution in [3.8, 4) is 5.75 Å². The fourth-order valence-corrected chi connectivity index (χ4v) is 1.91. The molecule has 0 unspecified atom stereocenters. The summed E-state index contributed by atoms with van der Waals surface area (Å²) in [4.78, 5) is 0. The molecule has 0 saturated heterocycles. The van der Waals surface area contributed by atoms with Gasteiger partial charge in [-0.05, 0) is 46.3 Å². The zero-order valence-electron chi connectivity index (χ0n) is 9.70. The highest BCUT2D eigenvalue weighted by molar-refractivity contribution is 9.10. The first-order chi connectivity index (χ1) is 8.75. The molecule has 0 atom stereocenters. The summed E-state index contributed by atoms with van der Waals surface area (Å²) in [6.45, 7) is 1.34. The first-order valence-electron chi connectivity index (χ1n) is 5.62. The van der Waals surface area contributed by atoms with Crippen LogP contribution in [0.15, 0.2) is 53.0 Å². The van der Waals surface area contributed by atoms with Gasteiger partial charge in [-0.2, -0.15) is 0 Å². The van der Waals surface area contributed by atoms with Gasteiger partial charge in [-0.15, -0.1) is 0 Å². The highest BCUT2D eigenvalue weighted by Crippen LogP contribution is 2.25. The molecule has 0 aliphatic carbocycles. The molecule has 0 aromatic heterocycles. The molecule has 0 bridgehead atoms. The molecule has 0 spiro atoms. The van der Waals surface area contributed by atoms with Crippen molar-refractivity contribution < 1.29 is 4.74 Å². The molecule has 1 N–H and O–H groups in total. The minimum absolute atomic E-state index is 0.609. The molecule has 0 amide bonds. The molecule has 0 saturated carbocycles. The third kappa shape index (κ3) is 3.93. The number of nitrogens with one attached hydrogen (secondary N) is 1. The average Bonchev–Trinajstić information content (AvgIpc) is 2.40. The summed E-state index contributed by atoms with van der Waals surface area (Å²) in [6.07, 6.45) is 0. The van der Waals surface area contributed by atoms with Crippen LogP contribution in [-0.4, -0.2) is 13.2 Å². The van der Waals surface area contributed by atoms with Crippen LogP contribution in [0.4, 0.5) is 5.69 Å². The van der Waals surface area contributed by atoms with Gasteiger partial charge in [0.15, 0.2) is 0 Å². The lowest BCUT2D eigenvalue weighted by molar-refractivity contribution is 0.333. The van der Waals surface area contributed by atoms with Crippen molar-refractivity contribution in [2.75, 3.05) is 18.5 Å². The van der Waals surface area contributed by atoms with Crippen LogP contribution >= 0.6 is 27.5 Å². The van der Waals surface area contributed by atoms with Gasteiger partial charge in [-0.1, -0.05) is 29.8 Å². The fraction of sp³-hybridized carbons (Fsp3) is 0.143. The number of ether oxygens (including phenoxy) is 1. The second kappa shape index (κ2) is 6.66. The summed E-state index contributed by atoms with van der Waals surface area (Å²) in [5.74, 6) is 0.883. The van der Waals surface area contributed by atoms with Gasteiger partial charge in [0.2, 0.25) is 0 Å². The van der Waals surface area contributed by atoms with Crippen molar-refractivity contribution >= 4 is 33.2 Å². The van der Waals surface area contributed by atoms with Crippen LogP contribution in [0, 0.1) is 0 Å². The molecule has 2 aromatic carbocycles. The van der Waals surface area contributed by atoms with E-state index in [2.05, 4.69) is 21.2 Å². The van der Waals surface area contributed by atoms with E-state index in [0.29, 0.717) is 11.6 Å². The quantitative estimate of drug-likeness (QED) is 0.811. The maximum atomic E-state index is 6.00. The Bertz CT molecular complexity index is 504. The van der Waals surface area contributed by atoms with Crippen LogP contribution in [0.3, 0.4) is 0 Å². The van der Waals surface area contributed by atoms with E-state index in [1.165, 1.54) is 0 Å². The summed E-state index contributed by atoms with van der Waals surface area (Å²) < 4.78 is 6.48. The van der Waals surface area contributed by atoms with Crippen LogP contribution in [0.2, 0.25) is 5.02 Å². The Balaban J connectivity index is 1.77. The van der Waals surface area contributed by atoms with Gasteiger partial charge in [0, 0.05) is 16.7 Å². The van der Waals surface area contributed by atoms with Crippen LogP contribution in [-0.2, 0) is 0 Å². The molecule has 0 radical (unpaired) electrons.